The molecule has 21 heavy (non-hydrogen) atoms. The zero-order valence-corrected chi connectivity index (χ0v) is 13.2. The second-order valence-corrected chi connectivity index (χ2v) is 5.81. The molecule has 0 unspecified atom stereocenters. The summed E-state index contributed by atoms with van der Waals surface area (Å²) in [6.07, 6.45) is 1.82. The third-order valence-electron chi connectivity index (χ3n) is 2.93. The summed E-state index contributed by atoms with van der Waals surface area (Å²) in [6.45, 7) is 5.57. The molecule has 5 nitrogen and oxygen atoms in total. The molecule has 1 amide bonds. The molecule has 0 saturated heterocycles. The van der Waals surface area contributed by atoms with Gasteiger partial charge in [-0.05, 0) is 25.3 Å². The first kappa shape index (κ1) is 15.4. The number of carbonyl (C=O) groups excluding carboxylic acids is 1. The molecule has 0 atom stereocenters. The number of rotatable bonds is 7. The van der Waals surface area contributed by atoms with Gasteiger partial charge in [-0.1, -0.05) is 48.1 Å². The number of benzene rings is 1. The number of amides is 1. The quantitative estimate of drug-likeness (QED) is 0.825. The van der Waals surface area contributed by atoms with E-state index in [1.807, 2.05) is 6.07 Å². The second kappa shape index (κ2) is 7.73. The minimum Gasteiger partial charge on any atom is -0.360 e. The number of hydrogen-bond donors (Lipinski definition) is 2. The molecule has 2 N–H and O–H groups in total. The minimum atomic E-state index is -0.162. The predicted octanol–water partition coefficient (Wildman–Crippen LogP) is 2.64. The summed E-state index contributed by atoms with van der Waals surface area (Å²) in [5, 5.41) is 14.9. The number of aromatic nitrogens is 2. The lowest BCUT2D eigenvalue weighted by Gasteiger charge is -2.04. The van der Waals surface area contributed by atoms with Crippen molar-refractivity contribution >= 4 is 22.4 Å². The first-order valence-electron chi connectivity index (χ1n) is 7.10. The van der Waals surface area contributed by atoms with Crippen molar-refractivity contribution in [2.75, 3.05) is 18.4 Å². The van der Waals surface area contributed by atoms with Crippen LogP contribution < -0.4 is 10.6 Å². The number of nitrogens with one attached hydrogen (secondary N) is 2. The Morgan fingerprint density at radius 3 is 2.90 bits per heavy atom. The molecule has 112 valence electrons. The highest BCUT2D eigenvalue weighted by molar-refractivity contribution is 7.17. The van der Waals surface area contributed by atoms with E-state index in [9.17, 15) is 4.79 Å². The van der Waals surface area contributed by atoms with Crippen molar-refractivity contribution in [2.45, 2.75) is 26.7 Å². The zero-order valence-electron chi connectivity index (χ0n) is 12.3. The van der Waals surface area contributed by atoms with Crippen LogP contribution in [0, 0.1) is 6.92 Å². The van der Waals surface area contributed by atoms with Gasteiger partial charge in [0.05, 0.1) is 0 Å². The molecule has 0 aliphatic rings. The first-order valence-corrected chi connectivity index (χ1v) is 7.92. The molecule has 0 fully saturated rings. The lowest BCUT2D eigenvalue weighted by atomic mass is 10.1. The highest BCUT2D eigenvalue weighted by Crippen LogP contribution is 2.14. The fourth-order valence-corrected chi connectivity index (χ4v) is 2.57. The first-order chi connectivity index (χ1) is 10.2. The van der Waals surface area contributed by atoms with E-state index in [4.69, 9.17) is 0 Å². The molecule has 0 saturated carbocycles. The third-order valence-corrected chi connectivity index (χ3v) is 3.81. The molecule has 1 aromatic heterocycles. The number of hydrogen-bond acceptors (Lipinski definition) is 5. The van der Waals surface area contributed by atoms with E-state index in [-0.39, 0.29) is 5.91 Å². The van der Waals surface area contributed by atoms with E-state index >= 15 is 0 Å². The minimum absolute atomic E-state index is 0.162. The normalized spacial score (nSPS) is 10.4. The number of anilines is 1. The maximum Gasteiger partial charge on any atom is 0.282 e. The summed E-state index contributed by atoms with van der Waals surface area (Å²) in [5.41, 5.74) is 2.45. The monoisotopic (exact) mass is 304 g/mol. The Morgan fingerprint density at radius 2 is 2.14 bits per heavy atom. The van der Waals surface area contributed by atoms with E-state index < -0.39 is 0 Å². The standard InChI is InChI=1S/C15H20N4OS/c1-3-8-17-15-19-18-14(21-15)13(20)16-9-7-12-6-4-5-11(2)10-12/h4-6,10H,3,7-9H2,1-2H3,(H,16,20)(H,17,19). The van der Waals surface area contributed by atoms with Gasteiger partial charge in [0.15, 0.2) is 0 Å². The van der Waals surface area contributed by atoms with Crippen molar-refractivity contribution < 1.29 is 4.79 Å². The molecule has 1 aromatic carbocycles. The molecule has 0 aliphatic carbocycles. The summed E-state index contributed by atoms with van der Waals surface area (Å²) in [4.78, 5) is 12.0. The Hall–Kier alpha value is -1.95. The summed E-state index contributed by atoms with van der Waals surface area (Å²) in [6, 6.07) is 8.29. The van der Waals surface area contributed by atoms with E-state index in [1.165, 1.54) is 22.5 Å². The van der Waals surface area contributed by atoms with Crippen LogP contribution >= 0.6 is 11.3 Å². The van der Waals surface area contributed by atoms with Crippen LogP contribution in [0.1, 0.15) is 34.3 Å². The summed E-state index contributed by atoms with van der Waals surface area (Å²) >= 11 is 1.28. The van der Waals surface area contributed by atoms with Crippen LogP contribution in [0.25, 0.3) is 0 Å². The maximum absolute atomic E-state index is 12.0. The Bertz CT molecular complexity index is 597. The largest absolute Gasteiger partial charge is 0.360 e. The average molecular weight is 304 g/mol. The van der Waals surface area contributed by atoms with E-state index in [0.717, 1.165) is 19.4 Å². The third kappa shape index (κ3) is 4.82. The Kier molecular flexibility index (Phi) is 5.68. The Morgan fingerprint density at radius 1 is 1.29 bits per heavy atom. The van der Waals surface area contributed by atoms with Gasteiger partial charge in [0.25, 0.3) is 5.91 Å². The van der Waals surface area contributed by atoms with Gasteiger partial charge in [-0.3, -0.25) is 4.79 Å². The van der Waals surface area contributed by atoms with Gasteiger partial charge < -0.3 is 10.6 Å². The van der Waals surface area contributed by atoms with Crippen LogP contribution in [0.15, 0.2) is 24.3 Å². The van der Waals surface area contributed by atoms with Crippen molar-refractivity contribution in [2.24, 2.45) is 0 Å². The SMILES string of the molecule is CCCNc1nnc(C(=O)NCCc2cccc(C)c2)s1. The van der Waals surface area contributed by atoms with Crippen LogP contribution in [-0.4, -0.2) is 29.2 Å². The number of nitrogens with zero attached hydrogens (tertiary/aromatic N) is 2. The molecule has 1 heterocycles. The lowest BCUT2D eigenvalue weighted by molar-refractivity contribution is 0.0953. The van der Waals surface area contributed by atoms with E-state index in [2.05, 4.69) is 52.9 Å². The van der Waals surface area contributed by atoms with Crippen molar-refractivity contribution in [3.05, 3.63) is 40.4 Å². The number of aryl methyl sites for hydroxylation is 1. The van der Waals surface area contributed by atoms with Gasteiger partial charge in [-0.15, -0.1) is 10.2 Å². The van der Waals surface area contributed by atoms with Crippen LogP contribution in [0.4, 0.5) is 5.13 Å². The summed E-state index contributed by atoms with van der Waals surface area (Å²) in [5.74, 6) is -0.162. The molecule has 0 spiro atoms. The lowest BCUT2D eigenvalue weighted by Crippen LogP contribution is -2.25. The molecule has 6 heteroatoms. The van der Waals surface area contributed by atoms with Crippen molar-refractivity contribution in [3.63, 3.8) is 0 Å². The van der Waals surface area contributed by atoms with Crippen LogP contribution in [0.2, 0.25) is 0 Å². The zero-order chi connectivity index (χ0) is 15.1. The second-order valence-electron chi connectivity index (χ2n) is 4.83. The maximum atomic E-state index is 12.0. The molecule has 0 bridgehead atoms. The van der Waals surface area contributed by atoms with Gasteiger partial charge in [-0.25, -0.2) is 0 Å². The summed E-state index contributed by atoms with van der Waals surface area (Å²) < 4.78 is 0. The van der Waals surface area contributed by atoms with Gasteiger partial charge in [0.2, 0.25) is 10.1 Å². The molecular weight excluding hydrogens is 284 g/mol. The van der Waals surface area contributed by atoms with E-state index in [0.29, 0.717) is 16.7 Å². The van der Waals surface area contributed by atoms with Crippen molar-refractivity contribution in [1.82, 2.24) is 15.5 Å². The fourth-order valence-electron chi connectivity index (χ4n) is 1.88. The number of carbonyl (C=O) groups is 1. The predicted molar refractivity (Wildman–Crippen MR) is 85.9 cm³/mol. The van der Waals surface area contributed by atoms with Gasteiger partial charge in [0.1, 0.15) is 0 Å². The Balaban J connectivity index is 1.80. The van der Waals surface area contributed by atoms with Gasteiger partial charge in [-0.2, -0.15) is 0 Å². The smallest absolute Gasteiger partial charge is 0.282 e. The van der Waals surface area contributed by atoms with Crippen LogP contribution in [0.5, 0.6) is 0 Å². The van der Waals surface area contributed by atoms with Crippen molar-refractivity contribution in [1.29, 1.82) is 0 Å². The van der Waals surface area contributed by atoms with Crippen LogP contribution in [0.3, 0.4) is 0 Å². The van der Waals surface area contributed by atoms with Crippen LogP contribution in [-0.2, 0) is 6.42 Å². The van der Waals surface area contributed by atoms with E-state index in [1.54, 1.807) is 0 Å². The highest BCUT2D eigenvalue weighted by Gasteiger charge is 2.11. The van der Waals surface area contributed by atoms with Gasteiger partial charge >= 0.3 is 0 Å². The molecule has 0 radical (unpaired) electrons. The summed E-state index contributed by atoms with van der Waals surface area (Å²) in [7, 11) is 0. The highest BCUT2D eigenvalue weighted by atomic mass is 32.1. The molecule has 2 aromatic rings. The van der Waals surface area contributed by atoms with Gasteiger partial charge in [0, 0.05) is 13.1 Å². The molecule has 2 rings (SSSR count). The fraction of sp³-hybridized carbons (Fsp3) is 0.400. The average Bonchev–Trinajstić information content (AvgIpc) is 2.94. The van der Waals surface area contributed by atoms with Crippen molar-refractivity contribution in [3.8, 4) is 0 Å². The molecule has 0 aliphatic heterocycles. The Labute approximate surface area is 128 Å². The molecular formula is C15H20N4OS. The topological polar surface area (TPSA) is 66.9 Å².